The van der Waals surface area contributed by atoms with Gasteiger partial charge in [0.15, 0.2) is 6.10 Å². The second-order valence-electron chi connectivity index (χ2n) is 6.11. The molecular formula is C21H26N2O4. The van der Waals surface area contributed by atoms with Crippen molar-refractivity contribution < 1.29 is 19.1 Å². The number of nitrogens with one attached hydrogen (secondary N) is 2. The molecule has 0 saturated carbocycles. The lowest BCUT2D eigenvalue weighted by molar-refractivity contribution is -0.122. The molecule has 2 N–H and O–H groups in total. The standard InChI is InChI=1S/C21H26N2O4/c1-4-5-14-22-21(25)16-6-8-17(9-7-16)23-20(24)15(2)27-19-12-10-18(26-3)11-13-19/h6-13,15H,4-5,14H2,1-3H3,(H,22,25)(H,23,24). The minimum atomic E-state index is -0.671. The summed E-state index contributed by atoms with van der Waals surface area (Å²) in [6.45, 7) is 4.41. The van der Waals surface area contributed by atoms with Crippen molar-refractivity contribution in [2.75, 3.05) is 19.0 Å². The Morgan fingerprint density at radius 1 is 1.00 bits per heavy atom. The van der Waals surface area contributed by atoms with Crippen LogP contribution in [0.25, 0.3) is 0 Å². The Labute approximate surface area is 159 Å². The van der Waals surface area contributed by atoms with Gasteiger partial charge in [0.25, 0.3) is 11.8 Å². The third-order valence-corrected chi connectivity index (χ3v) is 3.97. The van der Waals surface area contributed by atoms with Crippen LogP contribution in [0.1, 0.15) is 37.0 Å². The first kappa shape index (κ1) is 20.3. The molecule has 2 aromatic carbocycles. The lowest BCUT2D eigenvalue weighted by Gasteiger charge is -2.15. The van der Waals surface area contributed by atoms with Crippen LogP contribution >= 0.6 is 0 Å². The molecule has 0 saturated heterocycles. The maximum atomic E-state index is 12.3. The molecule has 2 aromatic rings. The van der Waals surface area contributed by atoms with Crippen molar-refractivity contribution in [1.82, 2.24) is 5.32 Å². The third kappa shape index (κ3) is 6.33. The molecule has 144 valence electrons. The molecule has 0 aliphatic carbocycles. The molecule has 2 rings (SSSR count). The summed E-state index contributed by atoms with van der Waals surface area (Å²) in [7, 11) is 1.59. The van der Waals surface area contributed by atoms with E-state index in [4.69, 9.17) is 9.47 Å². The number of amides is 2. The van der Waals surface area contributed by atoms with E-state index in [2.05, 4.69) is 17.6 Å². The van der Waals surface area contributed by atoms with Gasteiger partial charge in [0.2, 0.25) is 0 Å². The first-order valence-electron chi connectivity index (χ1n) is 9.03. The summed E-state index contributed by atoms with van der Waals surface area (Å²) in [6, 6.07) is 13.8. The van der Waals surface area contributed by atoms with Gasteiger partial charge in [-0.3, -0.25) is 9.59 Å². The molecule has 0 radical (unpaired) electrons. The summed E-state index contributed by atoms with van der Waals surface area (Å²) in [5, 5.41) is 5.64. The smallest absolute Gasteiger partial charge is 0.265 e. The van der Waals surface area contributed by atoms with E-state index >= 15 is 0 Å². The third-order valence-electron chi connectivity index (χ3n) is 3.97. The summed E-state index contributed by atoms with van der Waals surface area (Å²) >= 11 is 0. The number of unbranched alkanes of at least 4 members (excludes halogenated alkanes) is 1. The lowest BCUT2D eigenvalue weighted by atomic mass is 10.2. The molecule has 27 heavy (non-hydrogen) atoms. The molecule has 0 fully saturated rings. The fourth-order valence-corrected chi connectivity index (χ4v) is 2.34. The zero-order valence-corrected chi connectivity index (χ0v) is 16.0. The van der Waals surface area contributed by atoms with Crippen LogP contribution in [0, 0.1) is 0 Å². The highest BCUT2D eigenvalue weighted by molar-refractivity contribution is 5.96. The van der Waals surface area contributed by atoms with Crippen LogP contribution in [0.15, 0.2) is 48.5 Å². The highest BCUT2D eigenvalue weighted by Crippen LogP contribution is 2.18. The molecule has 0 aliphatic heterocycles. The van der Waals surface area contributed by atoms with Crippen LogP contribution in [-0.2, 0) is 4.79 Å². The van der Waals surface area contributed by atoms with Crippen molar-refractivity contribution in [2.45, 2.75) is 32.8 Å². The molecule has 1 unspecified atom stereocenters. The Balaban J connectivity index is 1.87. The molecule has 1 atom stereocenters. The Morgan fingerprint density at radius 2 is 1.63 bits per heavy atom. The number of carbonyl (C=O) groups excluding carboxylic acids is 2. The van der Waals surface area contributed by atoms with Crippen LogP contribution in [0.4, 0.5) is 5.69 Å². The van der Waals surface area contributed by atoms with Crippen molar-refractivity contribution in [3.63, 3.8) is 0 Å². The van der Waals surface area contributed by atoms with Crippen LogP contribution in [0.3, 0.4) is 0 Å². The maximum absolute atomic E-state index is 12.3. The van der Waals surface area contributed by atoms with Crippen LogP contribution in [0.2, 0.25) is 0 Å². The average molecular weight is 370 g/mol. The van der Waals surface area contributed by atoms with E-state index in [-0.39, 0.29) is 11.8 Å². The number of anilines is 1. The van der Waals surface area contributed by atoms with Gasteiger partial charge in [-0.25, -0.2) is 0 Å². The minimum Gasteiger partial charge on any atom is -0.497 e. The van der Waals surface area contributed by atoms with E-state index < -0.39 is 6.10 Å². The second-order valence-corrected chi connectivity index (χ2v) is 6.11. The van der Waals surface area contributed by atoms with E-state index in [9.17, 15) is 9.59 Å². The van der Waals surface area contributed by atoms with Gasteiger partial charge in [0, 0.05) is 17.8 Å². The largest absolute Gasteiger partial charge is 0.497 e. The molecule has 2 amide bonds. The van der Waals surface area contributed by atoms with Gasteiger partial charge in [-0.1, -0.05) is 13.3 Å². The molecule has 0 heterocycles. The molecule has 0 aromatic heterocycles. The number of carbonyl (C=O) groups is 2. The van der Waals surface area contributed by atoms with E-state index in [1.54, 1.807) is 62.6 Å². The fraction of sp³-hybridized carbons (Fsp3) is 0.333. The predicted molar refractivity (Wildman–Crippen MR) is 105 cm³/mol. The fourth-order valence-electron chi connectivity index (χ4n) is 2.34. The summed E-state index contributed by atoms with van der Waals surface area (Å²) < 4.78 is 10.7. The van der Waals surface area contributed by atoms with Gasteiger partial charge in [-0.15, -0.1) is 0 Å². The molecule has 6 nitrogen and oxygen atoms in total. The van der Waals surface area contributed by atoms with E-state index in [0.29, 0.717) is 23.5 Å². The van der Waals surface area contributed by atoms with Crippen LogP contribution in [0.5, 0.6) is 11.5 Å². The van der Waals surface area contributed by atoms with Crippen molar-refractivity contribution >= 4 is 17.5 Å². The lowest BCUT2D eigenvalue weighted by Crippen LogP contribution is -2.30. The normalized spacial score (nSPS) is 11.4. The molecule has 0 bridgehead atoms. The Bertz CT molecular complexity index is 742. The van der Waals surface area contributed by atoms with E-state index in [1.807, 2.05) is 0 Å². The van der Waals surface area contributed by atoms with E-state index in [1.165, 1.54) is 0 Å². The summed E-state index contributed by atoms with van der Waals surface area (Å²) in [6.07, 6.45) is 1.31. The molecule has 0 spiro atoms. The summed E-state index contributed by atoms with van der Waals surface area (Å²) in [4.78, 5) is 24.3. The van der Waals surface area contributed by atoms with Gasteiger partial charge in [-0.05, 0) is 61.9 Å². The van der Waals surface area contributed by atoms with Crippen molar-refractivity contribution in [3.8, 4) is 11.5 Å². The van der Waals surface area contributed by atoms with Crippen molar-refractivity contribution in [1.29, 1.82) is 0 Å². The highest BCUT2D eigenvalue weighted by Gasteiger charge is 2.15. The van der Waals surface area contributed by atoms with Gasteiger partial charge < -0.3 is 20.1 Å². The van der Waals surface area contributed by atoms with Crippen LogP contribution in [-0.4, -0.2) is 31.6 Å². The SMILES string of the molecule is CCCCNC(=O)c1ccc(NC(=O)C(C)Oc2ccc(OC)cc2)cc1. The Morgan fingerprint density at radius 3 is 2.22 bits per heavy atom. The summed E-state index contributed by atoms with van der Waals surface area (Å²) in [5.74, 6) is 0.916. The number of ether oxygens (including phenoxy) is 2. The van der Waals surface area contributed by atoms with Gasteiger partial charge in [-0.2, -0.15) is 0 Å². The second kappa shape index (κ2) is 10.2. The van der Waals surface area contributed by atoms with Crippen LogP contribution < -0.4 is 20.1 Å². The first-order chi connectivity index (χ1) is 13.0. The number of benzene rings is 2. The van der Waals surface area contributed by atoms with Crippen molar-refractivity contribution in [2.24, 2.45) is 0 Å². The monoisotopic (exact) mass is 370 g/mol. The van der Waals surface area contributed by atoms with Gasteiger partial charge >= 0.3 is 0 Å². The summed E-state index contributed by atoms with van der Waals surface area (Å²) in [5.41, 5.74) is 1.17. The first-order valence-corrected chi connectivity index (χ1v) is 9.03. The maximum Gasteiger partial charge on any atom is 0.265 e. The van der Waals surface area contributed by atoms with Gasteiger partial charge in [0.1, 0.15) is 11.5 Å². The number of hydrogen-bond donors (Lipinski definition) is 2. The number of rotatable bonds is 9. The van der Waals surface area contributed by atoms with Crippen molar-refractivity contribution in [3.05, 3.63) is 54.1 Å². The zero-order chi connectivity index (χ0) is 19.6. The molecule has 0 aliphatic rings. The number of hydrogen-bond acceptors (Lipinski definition) is 4. The molecular weight excluding hydrogens is 344 g/mol. The number of methoxy groups -OCH3 is 1. The average Bonchev–Trinajstić information content (AvgIpc) is 2.69. The van der Waals surface area contributed by atoms with E-state index in [0.717, 1.165) is 18.6 Å². The van der Waals surface area contributed by atoms with Gasteiger partial charge in [0.05, 0.1) is 7.11 Å². The highest BCUT2D eigenvalue weighted by atomic mass is 16.5. The quantitative estimate of drug-likeness (QED) is 0.661. The predicted octanol–water partition coefficient (Wildman–Crippen LogP) is 3.63. The Hall–Kier alpha value is -3.02. The Kier molecular flexibility index (Phi) is 7.67. The topological polar surface area (TPSA) is 76.7 Å². The zero-order valence-electron chi connectivity index (χ0n) is 16.0. The molecule has 6 heteroatoms. The minimum absolute atomic E-state index is 0.113.